The summed E-state index contributed by atoms with van der Waals surface area (Å²) in [4.78, 5) is 11.9. The Morgan fingerprint density at radius 3 is 2.48 bits per heavy atom. The van der Waals surface area contributed by atoms with Crippen molar-refractivity contribution < 1.29 is 24.5 Å². The van der Waals surface area contributed by atoms with Crippen LogP contribution in [0.3, 0.4) is 0 Å². The van der Waals surface area contributed by atoms with Crippen molar-refractivity contribution in [2.45, 2.75) is 25.7 Å². The standard InChI is InChI=1S/C23H25NO5/c1-2-28-20-13-12-17-10-6-7-11-18(17)21(20)22(26)19(25)14-24-23(27)29-15-16-8-4-3-5-9-16/h3-13,19,22,25-26H,2,14-15H2,1H3,(H,24,27). The second-order valence-corrected chi connectivity index (χ2v) is 6.59. The van der Waals surface area contributed by atoms with E-state index in [1.54, 1.807) is 6.07 Å². The van der Waals surface area contributed by atoms with E-state index in [4.69, 9.17) is 9.47 Å². The van der Waals surface area contributed by atoms with Gasteiger partial charge in [0, 0.05) is 12.1 Å². The zero-order valence-corrected chi connectivity index (χ0v) is 16.2. The Labute approximate surface area is 169 Å². The number of fused-ring (bicyclic) bond motifs is 1. The number of hydrogen-bond acceptors (Lipinski definition) is 5. The van der Waals surface area contributed by atoms with E-state index in [9.17, 15) is 15.0 Å². The lowest BCUT2D eigenvalue weighted by Gasteiger charge is -2.22. The van der Waals surface area contributed by atoms with Gasteiger partial charge in [-0.2, -0.15) is 0 Å². The molecule has 0 aliphatic rings. The lowest BCUT2D eigenvalue weighted by molar-refractivity contribution is 0.0177. The number of aliphatic hydroxyl groups is 2. The Bertz CT molecular complexity index is 944. The van der Waals surface area contributed by atoms with Crippen LogP contribution in [0.1, 0.15) is 24.2 Å². The van der Waals surface area contributed by atoms with Crippen LogP contribution in [0.4, 0.5) is 4.79 Å². The van der Waals surface area contributed by atoms with Crippen molar-refractivity contribution in [1.82, 2.24) is 5.32 Å². The van der Waals surface area contributed by atoms with Crippen LogP contribution >= 0.6 is 0 Å². The lowest BCUT2D eigenvalue weighted by atomic mass is 9.96. The van der Waals surface area contributed by atoms with Gasteiger partial charge in [0.1, 0.15) is 24.6 Å². The van der Waals surface area contributed by atoms with Crippen LogP contribution in [-0.4, -0.2) is 35.6 Å². The molecule has 3 aromatic rings. The van der Waals surface area contributed by atoms with Crippen molar-refractivity contribution >= 4 is 16.9 Å². The van der Waals surface area contributed by atoms with Crippen molar-refractivity contribution in [3.05, 3.63) is 77.9 Å². The SMILES string of the molecule is CCOc1ccc2ccccc2c1C(O)C(O)CNC(=O)OCc1ccccc1. The van der Waals surface area contributed by atoms with Crippen LogP contribution in [0.5, 0.6) is 5.75 Å². The second kappa shape index (κ2) is 9.91. The molecule has 0 heterocycles. The topological polar surface area (TPSA) is 88.0 Å². The van der Waals surface area contributed by atoms with Gasteiger partial charge < -0.3 is 25.0 Å². The molecule has 0 saturated heterocycles. The molecule has 29 heavy (non-hydrogen) atoms. The summed E-state index contributed by atoms with van der Waals surface area (Å²) in [6, 6.07) is 20.5. The molecule has 0 fully saturated rings. The Kier molecular flexibility index (Phi) is 7.05. The molecule has 0 spiro atoms. The predicted molar refractivity (Wildman–Crippen MR) is 111 cm³/mol. The molecule has 0 bridgehead atoms. The van der Waals surface area contributed by atoms with Gasteiger partial charge in [0.15, 0.2) is 0 Å². The van der Waals surface area contributed by atoms with Crippen molar-refractivity contribution in [3.63, 3.8) is 0 Å². The average Bonchev–Trinajstić information content (AvgIpc) is 2.76. The van der Waals surface area contributed by atoms with Crippen LogP contribution in [0.2, 0.25) is 0 Å². The zero-order chi connectivity index (χ0) is 20.6. The van der Waals surface area contributed by atoms with Gasteiger partial charge in [-0.3, -0.25) is 0 Å². The number of nitrogens with one attached hydrogen (secondary N) is 1. The largest absolute Gasteiger partial charge is 0.493 e. The van der Waals surface area contributed by atoms with Crippen molar-refractivity contribution in [2.24, 2.45) is 0 Å². The van der Waals surface area contributed by atoms with Gasteiger partial charge in [-0.1, -0.05) is 60.7 Å². The molecular formula is C23H25NO5. The number of benzene rings is 3. The molecule has 0 radical (unpaired) electrons. The minimum absolute atomic E-state index is 0.128. The van der Waals surface area contributed by atoms with Gasteiger partial charge in [-0.15, -0.1) is 0 Å². The number of carbonyl (C=O) groups excluding carboxylic acids is 1. The number of carbonyl (C=O) groups is 1. The van der Waals surface area contributed by atoms with Gasteiger partial charge in [-0.05, 0) is 29.3 Å². The average molecular weight is 395 g/mol. The van der Waals surface area contributed by atoms with Crippen LogP contribution in [0, 0.1) is 0 Å². The molecule has 6 nitrogen and oxygen atoms in total. The summed E-state index contributed by atoms with van der Waals surface area (Å²) in [5, 5.41) is 25.5. The van der Waals surface area contributed by atoms with Gasteiger partial charge in [-0.25, -0.2) is 4.79 Å². The fourth-order valence-corrected chi connectivity index (χ4v) is 3.13. The molecule has 1 amide bonds. The first kappa shape index (κ1) is 20.6. The van der Waals surface area contributed by atoms with Gasteiger partial charge in [0.2, 0.25) is 0 Å². The van der Waals surface area contributed by atoms with Gasteiger partial charge in [0.05, 0.1) is 6.61 Å². The first-order chi connectivity index (χ1) is 14.1. The third-order valence-corrected chi connectivity index (χ3v) is 4.56. The number of aliphatic hydroxyl groups excluding tert-OH is 2. The summed E-state index contributed by atoms with van der Waals surface area (Å²) in [5.41, 5.74) is 1.36. The minimum Gasteiger partial charge on any atom is -0.493 e. The van der Waals surface area contributed by atoms with E-state index in [2.05, 4.69) is 5.32 Å². The monoisotopic (exact) mass is 395 g/mol. The molecule has 3 N–H and O–H groups in total. The number of ether oxygens (including phenoxy) is 2. The molecule has 2 unspecified atom stereocenters. The summed E-state index contributed by atoms with van der Waals surface area (Å²) >= 11 is 0. The Morgan fingerprint density at radius 2 is 1.72 bits per heavy atom. The first-order valence-electron chi connectivity index (χ1n) is 9.55. The Morgan fingerprint density at radius 1 is 1.00 bits per heavy atom. The minimum atomic E-state index is -1.24. The van der Waals surface area contributed by atoms with E-state index in [0.717, 1.165) is 16.3 Å². The third kappa shape index (κ3) is 5.25. The Balaban J connectivity index is 1.66. The molecule has 0 saturated carbocycles. The maximum absolute atomic E-state index is 11.9. The molecule has 0 aromatic heterocycles. The number of hydrogen-bond donors (Lipinski definition) is 3. The molecule has 3 aromatic carbocycles. The van der Waals surface area contributed by atoms with Crippen LogP contribution < -0.4 is 10.1 Å². The summed E-state index contributed by atoms with van der Waals surface area (Å²) in [5.74, 6) is 0.504. The highest BCUT2D eigenvalue weighted by Gasteiger charge is 2.25. The highest BCUT2D eigenvalue weighted by molar-refractivity contribution is 5.88. The molecule has 2 atom stereocenters. The van der Waals surface area contributed by atoms with Crippen molar-refractivity contribution in [1.29, 1.82) is 0 Å². The van der Waals surface area contributed by atoms with Gasteiger partial charge in [0.25, 0.3) is 0 Å². The summed E-state index contributed by atoms with van der Waals surface area (Å²) in [6.07, 6.45) is -3.13. The summed E-state index contributed by atoms with van der Waals surface area (Å²) in [7, 11) is 0. The van der Waals surface area contributed by atoms with Crippen LogP contribution in [-0.2, 0) is 11.3 Å². The second-order valence-electron chi connectivity index (χ2n) is 6.59. The highest BCUT2D eigenvalue weighted by Crippen LogP contribution is 2.34. The quantitative estimate of drug-likeness (QED) is 0.543. The summed E-state index contributed by atoms with van der Waals surface area (Å²) < 4.78 is 10.8. The van der Waals surface area contributed by atoms with Crippen molar-refractivity contribution in [2.75, 3.05) is 13.2 Å². The van der Waals surface area contributed by atoms with E-state index in [1.165, 1.54) is 0 Å². The molecule has 152 valence electrons. The normalized spacial score (nSPS) is 12.9. The van der Waals surface area contributed by atoms with E-state index in [0.29, 0.717) is 17.9 Å². The maximum Gasteiger partial charge on any atom is 0.407 e. The van der Waals surface area contributed by atoms with Crippen molar-refractivity contribution in [3.8, 4) is 5.75 Å². The van der Waals surface area contributed by atoms with E-state index in [-0.39, 0.29) is 13.2 Å². The molecular weight excluding hydrogens is 370 g/mol. The zero-order valence-electron chi connectivity index (χ0n) is 16.2. The van der Waals surface area contributed by atoms with Crippen LogP contribution in [0.15, 0.2) is 66.7 Å². The van der Waals surface area contributed by atoms with Gasteiger partial charge >= 0.3 is 6.09 Å². The fraction of sp³-hybridized carbons (Fsp3) is 0.261. The van der Waals surface area contributed by atoms with E-state index in [1.807, 2.05) is 67.6 Å². The molecule has 6 heteroatoms. The first-order valence-corrected chi connectivity index (χ1v) is 9.55. The van der Waals surface area contributed by atoms with E-state index < -0.39 is 18.3 Å². The fourth-order valence-electron chi connectivity index (χ4n) is 3.13. The number of alkyl carbamates (subject to hydrolysis) is 1. The lowest BCUT2D eigenvalue weighted by Crippen LogP contribution is -2.36. The number of amides is 1. The molecule has 3 rings (SSSR count). The highest BCUT2D eigenvalue weighted by atomic mass is 16.5. The van der Waals surface area contributed by atoms with Crippen LogP contribution in [0.25, 0.3) is 10.8 Å². The van der Waals surface area contributed by atoms with E-state index >= 15 is 0 Å². The number of rotatable bonds is 8. The molecule has 0 aliphatic carbocycles. The Hall–Kier alpha value is -3.09. The summed E-state index contributed by atoms with van der Waals surface area (Å²) in [6.45, 7) is 2.25. The maximum atomic E-state index is 11.9. The third-order valence-electron chi connectivity index (χ3n) is 4.56. The molecule has 0 aliphatic heterocycles. The predicted octanol–water partition coefficient (Wildman–Crippen LogP) is 3.56. The smallest absolute Gasteiger partial charge is 0.407 e.